The van der Waals surface area contributed by atoms with Crippen LogP contribution in [0.25, 0.3) is 11.3 Å². The van der Waals surface area contributed by atoms with Gasteiger partial charge in [0.25, 0.3) is 0 Å². The first-order valence-corrected chi connectivity index (χ1v) is 6.06. The van der Waals surface area contributed by atoms with Gasteiger partial charge in [0.2, 0.25) is 0 Å². The van der Waals surface area contributed by atoms with Crippen LogP contribution in [0.4, 0.5) is 0 Å². The minimum atomic E-state index is -0.955. The molecule has 0 unspecified atom stereocenters. The lowest BCUT2D eigenvalue weighted by molar-refractivity contribution is 0.0695. The predicted octanol–water partition coefficient (Wildman–Crippen LogP) is 3.15. The van der Waals surface area contributed by atoms with Gasteiger partial charge in [-0.25, -0.2) is 4.79 Å². The molecule has 1 aromatic carbocycles. The molecule has 2 aromatic rings. The number of hydrogen-bond acceptors (Lipinski definition) is 3. The third-order valence-corrected chi connectivity index (χ3v) is 2.78. The Hall–Kier alpha value is -2.36. The van der Waals surface area contributed by atoms with E-state index in [1.807, 2.05) is 31.2 Å². The average Bonchev–Trinajstić information content (AvgIpc) is 2.39. The maximum Gasteiger partial charge on any atom is 0.337 e. The molecule has 0 fully saturated rings. The van der Waals surface area contributed by atoms with Crippen LogP contribution in [0.3, 0.4) is 0 Å². The zero-order valence-corrected chi connectivity index (χ0v) is 10.9. The summed E-state index contributed by atoms with van der Waals surface area (Å²) in [5.41, 5.74) is 2.43. The first-order valence-electron chi connectivity index (χ1n) is 6.06. The summed E-state index contributed by atoms with van der Waals surface area (Å²) in [6.07, 6.45) is 0. The Morgan fingerprint density at radius 1 is 1.21 bits per heavy atom. The summed E-state index contributed by atoms with van der Waals surface area (Å²) >= 11 is 0. The standard InChI is InChI=1S/C15H15NO3/c1-3-19-12-6-4-11(5-7-12)14-9-8-13(15(17)18)10(2)16-14/h4-9H,3H2,1-2H3,(H,17,18). The second kappa shape index (κ2) is 5.52. The van der Waals surface area contributed by atoms with Crippen LogP contribution >= 0.6 is 0 Å². The highest BCUT2D eigenvalue weighted by Crippen LogP contribution is 2.22. The molecule has 1 aromatic heterocycles. The monoisotopic (exact) mass is 257 g/mol. The van der Waals surface area contributed by atoms with Crippen molar-refractivity contribution in [2.24, 2.45) is 0 Å². The number of carboxylic acids is 1. The zero-order chi connectivity index (χ0) is 13.8. The Labute approximate surface area is 111 Å². The predicted molar refractivity (Wildman–Crippen MR) is 72.5 cm³/mol. The first kappa shape index (κ1) is 13.1. The van der Waals surface area contributed by atoms with Crippen molar-refractivity contribution < 1.29 is 14.6 Å². The number of nitrogens with zero attached hydrogens (tertiary/aromatic N) is 1. The molecule has 0 bridgehead atoms. The fraction of sp³-hybridized carbons (Fsp3) is 0.200. The molecular formula is C15H15NO3. The maximum absolute atomic E-state index is 10.9. The van der Waals surface area contributed by atoms with Gasteiger partial charge >= 0.3 is 5.97 Å². The van der Waals surface area contributed by atoms with Crippen molar-refractivity contribution >= 4 is 5.97 Å². The number of hydrogen-bond donors (Lipinski definition) is 1. The molecule has 0 saturated carbocycles. The molecule has 1 heterocycles. The maximum atomic E-state index is 10.9. The Balaban J connectivity index is 2.31. The van der Waals surface area contributed by atoms with Crippen molar-refractivity contribution in [1.82, 2.24) is 4.98 Å². The summed E-state index contributed by atoms with van der Waals surface area (Å²) in [6, 6.07) is 10.9. The van der Waals surface area contributed by atoms with Crippen LogP contribution in [-0.4, -0.2) is 22.7 Å². The number of aromatic carboxylic acids is 1. The van der Waals surface area contributed by atoms with Crippen LogP contribution in [0.15, 0.2) is 36.4 Å². The number of benzene rings is 1. The topological polar surface area (TPSA) is 59.4 Å². The van der Waals surface area contributed by atoms with Gasteiger partial charge in [0.1, 0.15) is 5.75 Å². The normalized spacial score (nSPS) is 10.2. The summed E-state index contributed by atoms with van der Waals surface area (Å²) in [7, 11) is 0. The van der Waals surface area contributed by atoms with Crippen molar-refractivity contribution in [2.45, 2.75) is 13.8 Å². The van der Waals surface area contributed by atoms with E-state index in [2.05, 4.69) is 4.98 Å². The number of ether oxygens (including phenoxy) is 1. The summed E-state index contributed by atoms with van der Waals surface area (Å²) in [5.74, 6) is -0.145. The van der Waals surface area contributed by atoms with Gasteiger partial charge in [0.15, 0.2) is 0 Å². The van der Waals surface area contributed by atoms with E-state index in [1.54, 1.807) is 19.1 Å². The van der Waals surface area contributed by atoms with Crippen molar-refractivity contribution in [3.05, 3.63) is 47.7 Å². The lowest BCUT2D eigenvalue weighted by Crippen LogP contribution is -2.02. The van der Waals surface area contributed by atoms with Crippen molar-refractivity contribution in [3.8, 4) is 17.0 Å². The lowest BCUT2D eigenvalue weighted by Gasteiger charge is -2.06. The number of carboxylic acid groups (broad SMARTS) is 1. The largest absolute Gasteiger partial charge is 0.494 e. The van der Waals surface area contributed by atoms with Crippen LogP contribution in [0.2, 0.25) is 0 Å². The highest BCUT2D eigenvalue weighted by molar-refractivity contribution is 5.89. The minimum Gasteiger partial charge on any atom is -0.494 e. The lowest BCUT2D eigenvalue weighted by atomic mass is 10.1. The number of aryl methyl sites for hydroxylation is 1. The van der Waals surface area contributed by atoms with Crippen LogP contribution in [0, 0.1) is 6.92 Å². The molecule has 2 rings (SSSR count). The fourth-order valence-corrected chi connectivity index (χ4v) is 1.84. The Kier molecular flexibility index (Phi) is 3.80. The second-order valence-electron chi connectivity index (χ2n) is 4.09. The van der Waals surface area contributed by atoms with E-state index in [-0.39, 0.29) is 5.56 Å². The van der Waals surface area contributed by atoms with Crippen LogP contribution in [0.5, 0.6) is 5.75 Å². The van der Waals surface area contributed by atoms with Crippen molar-refractivity contribution in [3.63, 3.8) is 0 Å². The molecule has 0 radical (unpaired) electrons. The molecule has 4 heteroatoms. The van der Waals surface area contributed by atoms with Gasteiger partial charge in [-0.15, -0.1) is 0 Å². The van der Waals surface area contributed by atoms with E-state index in [0.29, 0.717) is 12.3 Å². The van der Waals surface area contributed by atoms with Gasteiger partial charge in [-0.3, -0.25) is 4.98 Å². The smallest absolute Gasteiger partial charge is 0.337 e. The van der Waals surface area contributed by atoms with E-state index in [9.17, 15) is 4.79 Å². The third-order valence-electron chi connectivity index (χ3n) is 2.78. The summed E-state index contributed by atoms with van der Waals surface area (Å²) in [4.78, 5) is 15.2. The molecule has 4 nitrogen and oxygen atoms in total. The van der Waals surface area contributed by atoms with Gasteiger partial charge in [-0.05, 0) is 50.2 Å². The minimum absolute atomic E-state index is 0.231. The van der Waals surface area contributed by atoms with E-state index < -0.39 is 5.97 Å². The molecule has 1 N–H and O–H groups in total. The van der Waals surface area contributed by atoms with Gasteiger partial charge in [0.05, 0.1) is 23.6 Å². The summed E-state index contributed by atoms with van der Waals surface area (Å²) in [6.45, 7) is 4.26. The van der Waals surface area contributed by atoms with E-state index in [4.69, 9.17) is 9.84 Å². The van der Waals surface area contributed by atoms with Gasteiger partial charge in [0, 0.05) is 5.56 Å². The highest BCUT2D eigenvalue weighted by Gasteiger charge is 2.09. The van der Waals surface area contributed by atoms with E-state index >= 15 is 0 Å². The molecule has 0 atom stereocenters. The van der Waals surface area contributed by atoms with Crippen LogP contribution in [-0.2, 0) is 0 Å². The SMILES string of the molecule is CCOc1ccc(-c2ccc(C(=O)O)c(C)n2)cc1. The van der Waals surface area contributed by atoms with E-state index in [1.165, 1.54) is 0 Å². The number of rotatable bonds is 4. The summed E-state index contributed by atoms with van der Waals surface area (Å²) < 4.78 is 5.37. The van der Waals surface area contributed by atoms with Gasteiger partial charge in [-0.2, -0.15) is 0 Å². The Morgan fingerprint density at radius 2 is 1.89 bits per heavy atom. The number of carbonyl (C=O) groups is 1. The van der Waals surface area contributed by atoms with Gasteiger partial charge < -0.3 is 9.84 Å². The zero-order valence-electron chi connectivity index (χ0n) is 10.9. The van der Waals surface area contributed by atoms with Crippen molar-refractivity contribution in [1.29, 1.82) is 0 Å². The molecule has 0 aliphatic heterocycles. The van der Waals surface area contributed by atoms with Crippen LogP contribution < -0.4 is 4.74 Å². The van der Waals surface area contributed by atoms with Gasteiger partial charge in [-0.1, -0.05) is 0 Å². The first-order chi connectivity index (χ1) is 9.11. The van der Waals surface area contributed by atoms with Crippen molar-refractivity contribution in [2.75, 3.05) is 6.61 Å². The molecule has 0 aliphatic carbocycles. The Bertz CT molecular complexity index is 591. The molecule has 19 heavy (non-hydrogen) atoms. The second-order valence-corrected chi connectivity index (χ2v) is 4.09. The van der Waals surface area contributed by atoms with E-state index in [0.717, 1.165) is 17.0 Å². The fourth-order valence-electron chi connectivity index (χ4n) is 1.84. The molecule has 0 saturated heterocycles. The molecule has 0 spiro atoms. The average molecular weight is 257 g/mol. The summed E-state index contributed by atoms with van der Waals surface area (Å²) in [5, 5.41) is 8.97. The Morgan fingerprint density at radius 3 is 2.42 bits per heavy atom. The highest BCUT2D eigenvalue weighted by atomic mass is 16.5. The number of pyridine rings is 1. The molecular weight excluding hydrogens is 242 g/mol. The molecule has 0 aliphatic rings. The number of aromatic nitrogens is 1. The molecule has 0 amide bonds. The third kappa shape index (κ3) is 2.91. The van der Waals surface area contributed by atoms with Crippen LogP contribution in [0.1, 0.15) is 23.0 Å². The molecule has 98 valence electrons. The quantitative estimate of drug-likeness (QED) is 0.914.